The van der Waals surface area contributed by atoms with Crippen LogP contribution >= 0.6 is 7.82 Å². The second kappa shape index (κ2) is 30.3. The normalized spacial score (nSPS) is 15.7. The zero-order valence-corrected chi connectivity index (χ0v) is 28.6. The minimum Gasteiger partial charge on any atom is -0.393 e. The molecule has 4 atom stereocenters. The maximum absolute atomic E-state index is 12.6. The van der Waals surface area contributed by atoms with Crippen molar-refractivity contribution in [2.45, 2.75) is 154 Å². The number of carbonyl (C=O) groups is 1. The minimum absolute atomic E-state index is 0.0417. The maximum Gasteiger partial charge on any atom is 0.472 e. The van der Waals surface area contributed by atoms with Gasteiger partial charge in [-0.1, -0.05) is 115 Å². The van der Waals surface area contributed by atoms with E-state index in [1.54, 1.807) is 6.08 Å². The molecule has 0 saturated heterocycles. The molecule has 0 rings (SSSR count). The highest BCUT2D eigenvalue weighted by atomic mass is 31.2. The van der Waals surface area contributed by atoms with Crippen LogP contribution < -0.4 is 11.1 Å². The van der Waals surface area contributed by atoms with Crippen LogP contribution in [-0.4, -0.2) is 59.0 Å². The van der Waals surface area contributed by atoms with Gasteiger partial charge in [-0.15, -0.1) is 0 Å². The highest BCUT2D eigenvalue weighted by Crippen LogP contribution is 2.43. The molecule has 0 aromatic rings. The molecule has 0 saturated carbocycles. The summed E-state index contributed by atoms with van der Waals surface area (Å²) in [6.45, 7) is 3.83. The van der Waals surface area contributed by atoms with E-state index in [0.29, 0.717) is 12.8 Å². The van der Waals surface area contributed by atoms with Crippen molar-refractivity contribution >= 4 is 13.7 Å². The number of carbonyl (C=O) groups excluding carboxylic acids is 1. The lowest BCUT2D eigenvalue weighted by molar-refractivity contribution is -0.124. The van der Waals surface area contributed by atoms with Crippen LogP contribution in [0.2, 0.25) is 0 Å². The van der Waals surface area contributed by atoms with Gasteiger partial charge in [-0.2, -0.15) is 0 Å². The summed E-state index contributed by atoms with van der Waals surface area (Å²) in [4.78, 5) is 22.5. The van der Waals surface area contributed by atoms with Crippen LogP contribution in [0.15, 0.2) is 36.5 Å². The lowest BCUT2D eigenvalue weighted by Crippen LogP contribution is -2.46. The Morgan fingerprint density at radius 3 is 1.95 bits per heavy atom. The van der Waals surface area contributed by atoms with Crippen LogP contribution in [0.5, 0.6) is 0 Å². The van der Waals surface area contributed by atoms with Crippen LogP contribution in [0.25, 0.3) is 0 Å². The monoisotopic (exact) mass is 644 g/mol. The van der Waals surface area contributed by atoms with Crippen molar-refractivity contribution in [1.82, 2.24) is 5.32 Å². The Morgan fingerprint density at radius 2 is 1.32 bits per heavy atom. The van der Waals surface area contributed by atoms with Gasteiger partial charge in [-0.05, 0) is 51.4 Å². The second-order valence-electron chi connectivity index (χ2n) is 11.5. The average molecular weight is 645 g/mol. The number of phosphoric acid groups is 1. The van der Waals surface area contributed by atoms with Crippen molar-refractivity contribution in [2.75, 3.05) is 19.8 Å². The van der Waals surface area contributed by atoms with E-state index >= 15 is 0 Å². The summed E-state index contributed by atoms with van der Waals surface area (Å²) in [5.74, 6) is -0.474. The summed E-state index contributed by atoms with van der Waals surface area (Å²) in [7, 11) is -4.40. The fraction of sp³-hybridized carbons (Fsp3) is 0.794. The van der Waals surface area contributed by atoms with Crippen molar-refractivity contribution in [1.29, 1.82) is 0 Å². The number of amides is 1. The molecule has 0 heterocycles. The van der Waals surface area contributed by atoms with Crippen LogP contribution in [0, 0.1) is 0 Å². The Hall–Kier alpha value is -1.32. The number of phosphoric ester groups is 1. The molecule has 6 N–H and O–H groups in total. The Labute approximate surface area is 268 Å². The first-order chi connectivity index (χ1) is 21.3. The van der Waals surface area contributed by atoms with Crippen molar-refractivity contribution in [3.8, 4) is 0 Å². The van der Waals surface area contributed by atoms with Gasteiger partial charge in [0, 0.05) is 6.54 Å². The molecule has 44 heavy (non-hydrogen) atoms. The fourth-order valence-corrected chi connectivity index (χ4v) is 5.34. The molecule has 0 aliphatic carbocycles. The number of nitrogens with one attached hydrogen (secondary N) is 1. The highest BCUT2D eigenvalue weighted by molar-refractivity contribution is 7.47. The van der Waals surface area contributed by atoms with E-state index < -0.39 is 38.6 Å². The van der Waals surface area contributed by atoms with E-state index in [2.05, 4.69) is 43.5 Å². The molecule has 4 unspecified atom stereocenters. The van der Waals surface area contributed by atoms with Gasteiger partial charge < -0.3 is 26.2 Å². The average Bonchev–Trinajstić information content (AvgIpc) is 2.99. The molecule has 9 nitrogen and oxygen atoms in total. The molecule has 0 spiro atoms. The van der Waals surface area contributed by atoms with E-state index in [1.165, 1.54) is 64.2 Å². The number of aliphatic hydroxyl groups is 2. The van der Waals surface area contributed by atoms with Gasteiger partial charge in [0.1, 0.15) is 0 Å². The Kier molecular flexibility index (Phi) is 29.4. The van der Waals surface area contributed by atoms with E-state index in [0.717, 1.165) is 38.5 Å². The van der Waals surface area contributed by atoms with Gasteiger partial charge in [0.25, 0.3) is 0 Å². The largest absolute Gasteiger partial charge is 0.472 e. The van der Waals surface area contributed by atoms with Gasteiger partial charge in [-0.3, -0.25) is 13.8 Å². The molecular weight excluding hydrogens is 579 g/mol. The topological polar surface area (TPSA) is 151 Å². The first-order valence-corrected chi connectivity index (χ1v) is 18.7. The lowest BCUT2D eigenvalue weighted by Gasteiger charge is -2.24. The van der Waals surface area contributed by atoms with Crippen molar-refractivity contribution in [3.63, 3.8) is 0 Å². The Bertz CT molecular complexity index is 806. The molecule has 0 aliphatic heterocycles. The van der Waals surface area contributed by atoms with Gasteiger partial charge in [0.2, 0.25) is 5.91 Å². The zero-order chi connectivity index (χ0) is 32.7. The van der Waals surface area contributed by atoms with E-state index in [9.17, 15) is 24.5 Å². The van der Waals surface area contributed by atoms with Crippen molar-refractivity contribution in [2.24, 2.45) is 5.73 Å². The SMILES string of the molecule is CCCC/C=C\CCCCC(O)CC(=O)NC(COP(=O)(O)OCCN)C(O)/C=C/CC/C=C/CCCCCCCCCC. The van der Waals surface area contributed by atoms with Gasteiger partial charge >= 0.3 is 7.82 Å². The molecule has 0 bridgehead atoms. The van der Waals surface area contributed by atoms with Gasteiger partial charge in [-0.25, -0.2) is 4.57 Å². The number of hydrogen-bond donors (Lipinski definition) is 5. The summed E-state index contributed by atoms with van der Waals surface area (Å²) in [5.41, 5.74) is 5.32. The lowest BCUT2D eigenvalue weighted by atomic mass is 10.1. The number of nitrogens with two attached hydrogens (primary N) is 1. The maximum atomic E-state index is 12.6. The summed E-state index contributed by atoms with van der Waals surface area (Å²) in [5, 5.41) is 23.7. The molecule has 0 aromatic heterocycles. The van der Waals surface area contributed by atoms with Crippen LogP contribution in [0.4, 0.5) is 0 Å². The van der Waals surface area contributed by atoms with Crippen LogP contribution in [-0.2, 0) is 18.4 Å². The summed E-state index contributed by atoms with van der Waals surface area (Å²) in [6.07, 6.45) is 29.6. The third-order valence-electron chi connectivity index (χ3n) is 7.24. The summed E-state index contributed by atoms with van der Waals surface area (Å²) in [6, 6.07) is -1.00. The Morgan fingerprint density at radius 1 is 0.773 bits per heavy atom. The number of aliphatic hydroxyl groups excluding tert-OH is 2. The van der Waals surface area contributed by atoms with Crippen LogP contribution in [0.3, 0.4) is 0 Å². The van der Waals surface area contributed by atoms with E-state index in [1.807, 2.05) is 6.08 Å². The molecule has 0 radical (unpaired) electrons. The third kappa shape index (κ3) is 28.2. The number of allylic oxidation sites excluding steroid dienone is 5. The molecule has 1 amide bonds. The predicted octanol–water partition coefficient (Wildman–Crippen LogP) is 7.41. The smallest absolute Gasteiger partial charge is 0.393 e. The quantitative estimate of drug-likeness (QED) is 0.0297. The van der Waals surface area contributed by atoms with E-state index in [-0.39, 0.29) is 19.6 Å². The van der Waals surface area contributed by atoms with Gasteiger partial charge in [0.15, 0.2) is 0 Å². The fourth-order valence-electron chi connectivity index (χ4n) is 4.58. The predicted molar refractivity (Wildman–Crippen MR) is 181 cm³/mol. The number of unbranched alkanes of at least 4 members (excludes halogenated alkanes) is 13. The molecule has 10 heteroatoms. The highest BCUT2D eigenvalue weighted by Gasteiger charge is 2.27. The third-order valence-corrected chi connectivity index (χ3v) is 8.23. The van der Waals surface area contributed by atoms with Crippen molar-refractivity contribution < 1.29 is 33.5 Å². The van der Waals surface area contributed by atoms with Crippen LogP contribution in [0.1, 0.15) is 136 Å². The second-order valence-corrected chi connectivity index (χ2v) is 13.0. The first kappa shape index (κ1) is 42.7. The summed E-state index contributed by atoms with van der Waals surface area (Å²) < 4.78 is 21.9. The number of hydrogen-bond acceptors (Lipinski definition) is 7. The van der Waals surface area contributed by atoms with Crippen molar-refractivity contribution in [3.05, 3.63) is 36.5 Å². The molecule has 258 valence electrons. The zero-order valence-electron chi connectivity index (χ0n) is 27.8. The summed E-state index contributed by atoms with van der Waals surface area (Å²) >= 11 is 0. The minimum atomic E-state index is -4.40. The first-order valence-electron chi connectivity index (χ1n) is 17.2. The molecule has 0 fully saturated rings. The number of rotatable bonds is 31. The molecule has 0 aromatic carbocycles. The van der Waals surface area contributed by atoms with E-state index in [4.69, 9.17) is 14.8 Å². The Balaban J connectivity index is 4.60. The molecule has 0 aliphatic rings. The molecular formula is C34H65N2O7P. The van der Waals surface area contributed by atoms with Gasteiger partial charge in [0.05, 0.1) is 37.9 Å². The standard InChI is InChI=1S/C34H65N2O7P/c1-3-5-7-9-11-13-14-15-16-17-18-20-22-24-26-33(38)32(30-43-44(40,41)42-28-27-35)36-34(39)29-31(37)25-23-21-19-12-10-8-6-4-2/h10,12,17-18,24,26,31-33,37-38H,3-9,11,13-16,19-23,25,27-30,35H2,1-2H3,(H,36,39)(H,40,41)/b12-10-,18-17+,26-24+.